The maximum absolute atomic E-state index is 12.9. The number of aldehydes is 1. The normalized spacial score (nSPS) is 22.7. The van der Waals surface area contributed by atoms with E-state index in [0.29, 0.717) is 6.42 Å². The third-order valence-corrected chi connectivity index (χ3v) is 17.7. The summed E-state index contributed by atoms with van der Waals surface area (Å²) >= 11 is 0. The van der Waals surface area contributed by atoms with Crippen molar-refractivity contribution in [1.82, 2.24) is 19.5 Å². The predicted molar refractivity (Wildman–Crippen MR) is 160 cm³/mol. The molecule has 13 heteroatoms. The molecule has 0 aromatic carbocycles. The number of amides is 1. The van der Waals surface area contributed by atoms with Crippen LogP contribution in [0.4, 0.5) is 5.95 Å². The zero-order chi connectivity index (χ0) is 30.5. The van der Waals surface area contributed by atoms with Crippen LogP contribution in [0.15, 0.2) is 11.1 Å². The quantitative estimate of drug-likeness (QED) is 0.307. The highest BCUT2D eigenvalue weighted by atomic mass is 28.4. The predicted octanol–water partition coefficient (Wildman–Crippen LogP) is 4.98. The van der Waals surface area contributed by atoms with Gasteiger partial charge in [-0.3, -0.25) is 29.3 Å². The van der Waals surface area contributed by atoms with Gasteiger partial charge in [0.25, 0.3) is 5.56 Å². The average molecular weight is 594 g/mol. The first-order chi connectivity index (χ1) is 18.1. The first-order valence-electron chi connectivity index (χ1n) is 13.9. The zero-order valence-corrected chi connectivity index (χ0v) is 28.1. The van der Waals surface area contributed by atoms with E-state index in [1.807, 2.05) is 0 Å². The van der Waals surface area contributed by atoms with Crippen LogP contribution in [0.3, 0.4) is 0 Å². The molecule has 0 radical (unpaired) electrons. The molecular weight excluding hydrogens is 546 g/mol. The highest BCUT2D eigenvalue weighted by Gasteiger charge is 2.55. The summed E-state index contributed by atoms with van der Waals surface area (Å²) in [6.07, 6.45) is 1.34. The number of anilines is 1. The second-order valence-corrected chi connectivity index (χ2v) is 23.7. The zero-order valence-electron chi connectivity index (χ0n) is 26.1. The minimum Gasteiger partial charge on any atom is -0.413 e. The number of hydrogen-bond acceptors (Lipinski definition) is 8. The van der Waals surface area contributed by atoms with Crippen molar-refractivity contribution in [3.05, 3.63) is 16.7 Å². The van der Waals surface area contributed by atoms with E-state index in [0.717, 1.165) is 6.29 Å². The number of rotatable bonds is 9. The maximum atomic E-state index is 12.9. The summed E-state index contributed by atoms with van der Waals surface area (Å²) in [6, 6.07) is 0. The van der Waals surface area contributed by atoms with Crippen molar-refractivity contribution < 1.29 is 23.2 Å². The molecule has 1 saturated heterocycles. The van der Waals surface area contributed by atoms with Crippen LogP contribution in [0.1, 0.15) is 68.0 Å². The molecule has 1 aliphatic heterocycles. The van der Waals surface area contributed by atoms with E-state index in [-0.39, 0.29) is 45.6 Å². The Bertz CT molecular complexity index is 1310. The average Bonchev–Trinajstić information content (AvgIpc) is 3.38. The minimum atomic E-state index is -2.33. The fraction of sp³-hybridized carbons (Fsp3) is 0.741. The number of hydrogen-bond donors (Lipinski definition) is 2. The molecule has 3 heterocycles. The van der Waals surface area contributed by atoms with Crippen LogP contribution in [0, 0.1) is 5.92 Å². The number of carbonyl (C=O) groups is 2. The van der Waals surface area contributed by atoms with Gasteiger partial charge in [0.05, 0.1) is 19.0 Å². The first-order valence-corrected chi connectivity index (χ1v) is 19.7. The van der Waals surface area contributed by atoms with Crippen LogP contribution in [0.25, 0.3) is 11.2 Å². The number of fused-ring (bicyclic) bond motifs is 1. The van der Waals surface area contributed by atoms with E-state index in [4.69, 9.17) is 13.6 Å². The number of aromatic amines is 1. The van der Waals surface area contributed by atoms with E-state index >= 15 is 0 Å². The Morgan fingerprint density at radius 3 is 2.33 bits per heavy atom. The molecule has 3 rings (SSSR count). The summed E-state index contributed by atoms with van der Waals surface area (Å²) in [6.45, 7) is 25.0. The van der Waals surface area contributed by atoms with Crippen molar-refractivity contribution in [3.8, 4) is 0 Å². The summed E-state index contributed by atoms with van der Waals surface area (Å²) in [4.78, 5) is 49.3. The monoisotopic (exact) mass is 593 g/mol. The lowest BCUT2D eigenvalue weighted by Crippen LogP contribution is -2.55. The Balaban J connectivity index is 2.06. The molecule has 2 aromatic heterocycles. The second-order valence-electron chi connectivity index (χ2n) is 14.2. The minimum absolute atomic E-state index is 0.0212. The lowest BCUT2D eigenvalue weighted by atomic mass is 10.00. The third kappa shape index (κ3) is 6.33. The lowest BCUT2D eigenvalue weighted by Gasteiger charge is -2.43. The maximum Gasteiger partial charge on any atom is 0.280 e. The smallest absolute Gasteiger partial charge is 0.280 e. The first kappa shape index (κ1) is 32.3. The van der Waals surface area contributed by atoms with Gasteiger partial charge >= 0.3 is 0 Å². The molecule has 1 amide bonds. The SMILES string of the molecule is CC(C)C(=O)Nc1nc2c(ncn2[C@H]2C[C@H](O[Si](C)(C)C(C)(C)C)[C@@](C=O)(CO[Si](C)(C)C(C)(C)C)O2)c(=O)[nH]1. The third-order valence-electron chi connectivity index (χ3n) is 8.73. The standard InChI is InChI=1S/C27H47N5O6Si2/c1-17(2)22(34)30-24-29-21-20(23(35)31-24)28-16-32(21)19-13-18(38-40(11,12)26(6,7)8)27(14-33,37-19)15-36-39(9,10)25(3,4)5/h14,16-19H,13,15H2,1-12H3,(H2,29,30,31,34,35)/t18-,19+,27+/m0/s1. The van der Waals surface area contributed by atoms with Crippen molar-refractivity contribution in [2.24, 2.45) is 5.92 Å². The summed E-state index contributed by atoms with van der Waals surface area (Å²) in [5.74, 6) is -0.560. The van der Waals surface area contributed by atoms with Gasteiger partial charge in [0.1, 0.15) is 6.23 Å². The lowest BCUT2D eigenvalue weighted by molar-refractivity contribution is -0.149. The van der Waals surface area contributed by atoms with Gasteiger partial charge in [-0.05, 0) is 36.3 Å². The van der Waals surface area contributed by atoms with Gasteiger partial charge in [0, 0.05) is 12.3 Å². The van der Waals surface area contributed by atoms with Gasteiger partial charge in [-0.25, -0.2) is 4.98 Å². The Kier molecular flexibility index (Phi) is 8.80. The number of imidazole rings is 1. The molecule has 0 unspecified atom stereocenters. The molecule has 224 valence electrons. The number of nitrogens with one attached hydrogen (secondary N) is 2. The summed E-state index contributed by atoms with van der Waals surface area (Å²) < 4.78 is 21.5. The van der Waals surface area contributed by atoms with Crippen LogP contribution in [-0.4, -0.2) is 66.7 Å². The summed E-state index contributed by atoms with van der Waals surface area (Å²) in [5, 5.41) is 2.48. The van der Waals surface area contributed by atoms with Crippen LogP contribution in [0.2, 0.25) is 36.3 Å². The second kappa shape index (κ2) is 10.9. The molecule has 11 nitrogen and oxygen atoms in total. The molecule has 40 heavy (non-hydrogen) atoms. The fourth-order valence-corrected chi connectivity index (χ4v) is 6.22. The van der Waals surface area contributed by atoms with E-state index in [2.05, 4.69) is 88.0 Å². The highest BCUT2D eigenvalue weighted by Crippen LogP contribution is 2.46. The van der Waals surface area contributed by atoms with Crippen molar-refractivity contribution >= 4 is 45.9 Å². The van der Waals surface area contributed by atoms with Crippen molar-refractivity contribution in [3.63, 3.8) is 0 Å². The molecule has 2 aromatic rings. The number of aromatic nitrogens is 4. The van der Waals surface area contributed by atoms with E-state index in [1.54, 1.807) is 18.4 Å². The largest absolute Gasteiger partial charge is 0.413 e. The van der Waals surface area contributed by atoms with E-state index < -0.39 is 40.1 Å². The molecule has 0 spiro atoms. The van der Waals surface area contributed by atoms with E-state index in [9.17, 15) is 14.4 Å². The van der Waals surface area contributed by atoms with Crippen molar-refractivity contribution in [1.29, 1.82) is 0 Å². The van der Waals surface area contributed by atoms with Gasteiger partial charge in [-0.1, -0.05) is 55.4 Å². The molecule has 1 fully saturated rings. The summed E-state index contributed by atoms with van der Waals surface area (Å²) in [7, 11) is -4.56. The van der Waals surface area contributed by atoms with Crippen LogP contribution < -0.4 is 10.9 Å². The van der Waals surface area contributed by atoms with E-state index in [1.165, 1.54) is 6.33 Å². The topological polar surface area (TPSA) is 137 Å². The van der Waals surface area contributed by atoms with Gasteiger partial charge in [0.15, 0.2) is 39.7 Å². The van der Waals surface area contributed by atoms with Crippen LogP contribution in [-0.2, 0) is 23.2 Å². The molecule has 2 N–H and O–H groups in total. The number of ether oxygens (including phenoxy) is 1. The van der Waals surface area contributed by atoms with Crippen molar-refractivity contribution in [2.75, 3.05) is 11.9 Å². The number of carbonyl (C=O) groups excluding carboxylic acids is 2. The molecule has 0 saturated carbocycles. The van der Waals surface area contributed by atoms with Crippen LogP contribution in [0.5, 0.6) is 0 Å². The number of H-pyrrole nitrogens is 1. The summed E-state index contributed by atoms with van der Waals surface area (Å²) in [5.41, 5.74) is -1.50. The Morgan fingerprint density at radius 2 is 1.80 bits per heavy atom. The molecule has 3 atom stereocenters. The van der Waals surface area contributed by atoms with Gasteiger partial charge < -0.3 is 13.6 Å². The molecule has 0 aliphatic carbocycles. The van der Waals surface area contributed by atoms with Crippen molar-refractivity contribution in [2.45, 2.75) is 116 Å². The molecule has 1 aliphatic rings. The van der Waals surface area contributed by atoms with Gasteiger partial charge in [-0.2, -0.15) is 4.98 Å². The molecular formula is C27H47N5O6Si2. The molecule has 0 bridgehead atoms. The Morgan fingerprint density at radius 1 is 1.20 bits per heavy atom. The van der Waals surface area contributed by atoms with Gasteiger partial charge in [0.2, 0.25) is 11.9 Å². The Labute approximate surface area is 239 Å². The highest BCUT2D eigenvalue weighted by molar-refractivity contribution is 6.74. The number of nitrogens with zero attached hydrogens (tertiary/aromatic N) is 3. The van der Waals surface area contributed by atoms with Crippen LogP contribution >= 0.6 is 0 Å². The van der Waals surface area contributed by atoms with Gasteiger partial charge in [-0.15, -0.1) is 0 Å². The fourth-order valence-electron chi connectivity index (χ4n) is 3.84. The Hall–Kier alpha value is -2.20.